The van der Waals surface area contributed by atoms with E-state index in [0.717, 1.165) is 55.7 Å². The molecule has 2 aliphatic rings. The Kier molecular flexibility index (Phi) is 3.11. The molecule has 3 rings (SSSR count). The lowest BCUT2D eigenvalue weighted by Crippen LogP contribution is -2.41. The smallest absolute Gasteiger partial charge is 0.314 e. The molecule has 0 unspecified atom stereocenters. The fourth-order valence-electron chi connectivity index (χ4n) is 3.74. The molecule has 4 nitrogen and oxygen atoms in total. The van der Waals surface area contributed by atoms with Gasteiger partial charge in [-0.3, -0.25) is 4.79 Å². The average Bonchev–Trinajstić information content (AvgIpc) is 2.93. The molecule has 0 atom stereocenters. The van der Waals surface area contributed by atoms with E-state index in [9.17, 15) is 9.90 Å². The molecule has 0 saturated heterocycles. The Morgan fingerprint density at radius 2 is 1.80 bits per heavy atom. The third-order valence-corrected chi connectivity index (χ3v) is 4.96. The lowest BCUT2D eigenvalue weighted by atomic mass is 9.77. The number of rotatable bonds is 2. The second-order valence-corrected chi connectivity index (χ2v) is 6.11. The van der Waals surface area contributed by atoms with Crippen molar-refractivity contribution in [1.29, 1.82) is 0 Å². The standard InChI is InChI=1S/C16H22N2O2/c1-17-10-11-18(2)14-12(6-5-7-13(14)17)16(15(19)20)8-3-4-9-16/h5-7H,3-4,8-11H2,1-2H3,(H,19,20). The van der Waals surface area contributed by atoms with Gasteiger partial charge in [0.05, 0.1) is 16.8 Å². The molecular formula is C16H22N2O2. The van der Waals surface area contributed by atoms with E-state index in [1.54, 1.807) is 0 Å². The average molecular weight is 274 g/mol. The number of carbonyl (C=O) groups is 1. The summed E-state index contributed by atoms with van der Waals surface area (Å²) in [4.78, 5) is 16.4. The van der Waals surface area contributed by atoms with Crippen LogP contribution in [0.4, 0.5) is 11.4 Å². The normalized spacial score (nSPS) is 20.9. The van der Waals surface area contributed by atoms with Crippen LogP contribution in [-0.4, -0.2) is 38.3 Å². The summed E-state index contributed by atoms with van der Waals surface area (Å²) in [5.41, 5.74) is 2.60. The van der Waals surface area contributed by atoms with E-state index in [2.05, 4.69) is 30.0 Å². The maximum atomic E-state index is 12.0. The number of aliphatic carboxylic acids is 1. The Balaban J connectivity index is 2.19. The second kappa shape index (κ2) is 4.69. The molecule has 0 spiro atoms. The number of anilines is 2. The summed E-state index contributed by atoms with van der Waals surface area (Å²) in [7, 11) is 4.15. The van der Waals surface area contributed by atoms with Crippen molar-refractivity contribution in [3.63, 3.8) is 0 Å². The minimum absolute atomic E-state index is 0.662. The summed E-state index contributed by atoms with van der Waals surface area (Å²) in [6.45, 7) is 1.92. The molecule has 0 bridgehead atoms. The van der Waals surface area contributed by atoms with Crippen LogP contribution in [0.2, 0.25) is 0 Å². The van der Waals surface area contributed by atoms with Crippen molar-refractivity contribution in [1.82, 2.24) is 0 Å². The number of hydrogen-bond donors (Lipinski definition) is 1. The summed E-state index contributed by atoms with van der Waals surface area (Å²) in [5.74, 6) is -0.662. The van der Waals surface area contributed by atoms with Gasteiger partial charge in [-0.05, 0) is 24.5 Å². The molecule has 1 aliphatic heterocycles. The molecule has 0 amide bonds. The van der Waals surface area contributed by atoms with Gasteiger partial charge in [-0.1, -0.05) is 25.0 Å². The zero-order valence-electron chi connectivity index (χ0n) is 12.2. The van der Waals surface area contributed by atoms with Crippen LogP contribution in [0.1, 0.15) is 31.2 Å². The maximum Gasteiger partial charge on any atom is 0.314 e. The van der Waals surface area contributed by atoms with Crippen LogP contribution in [0, 0.1) is 0 Å². The lowest BCUT2D eigenvalue weighted by Gasteiger charge is -2.39. The monoisotopic (exact) mass is 274 g/mol. The third-order valence-electron chi connectivity index (χ3n) is 4.96. The van der Waals surface area contributed by atoms with Gasteiger partial charge >= 0.3 is 5.97 Å². The molecule has 20 heavy (non-hydrogen) atoms. The molecule has 0 radical (unpaired) electrons. The number of fused-ring (bicyclic) bond motifs is 1. The SMILES string of the molecule is CN1CCN(C)c2c1cccc2C1(C(=O)O)CCCC1. The number of para-hydroxylation sites is 1. The van der Waals surface area contributed by atoms with E-state index in [1.807, 2.05) is 12.1 Å². The van der Waals surface area contributed by atoms with Crippen molar-refractivity contribution < 1.29 is 9.90 Å². The van der Waals surface area contributed by atoms with E-state index in [1.165, 1.54) is 0 Å². The van der Waals surface area contributed by atoms with Gasteiger partial charge in [0.1, 0.15) is 0 Å². The molecule has 1 fully saturated rings. The highest BCUT2D eigenvalue weighted by Gasteiger charge is 2.45. The quantitative estimate of drug-likeness (QED) is 0.899. The van der Waals surface area contributed by atoms with Crippen LogP contribution in [0.3, 0.4) is 0 Å². The van der Waals surface area contributed by atoms with Crippen LogP contribution >= 0.6 is 0 Å². The highest BCUT2D eigenvalue weighted by molar-refractivity contribution is 5.88. The molecule has 1 aromatic rings. The van der Waals surface area contributed by atoms with Crippen LogP contribution in [0.15, 0.2) is 18.2 Å². The summed E-state index contributed by atoms with van der Waals surface area (Å²) >= 11 is 0. The number of carboxylic acids is 1. The van der Waals surface area contributed by atoms with Crippen molar-refractivity contribution >= 4 is 17.3 Å². The molecule has 1 N–H and O–H groups in total. The van der Waals surface area contributed by atoms with Gasteiger partial charge in [0.15, 0.2) is 0 Å². The van der Waals surface area contributed by atoms with Gasteiger partial charge < -0.3 is 14.9 Å². The van der Waals surface area contributed by atoms with Gasteiger partial charge in [-0.25, -0.2) is 0 Å². The van der Waals surface area contributed by atoms with Crippen LogP contribution < -0.4 is 9.80 Å². The Morgan fingerprint density at radius 1 is 1.15 bits per heavy atom. The summed E-state index contributed by atoms with van der Waals surface area (Å²) in [6.07, 6.45) is 3.54. The largest absolute Gasteiger partial charge is 0.481 e. The minimum Gasteiger partial charge on any atom is -0.481 e. The van der Waals surface area contributed by atoms with Crippen molar-refractivity contribution in [2.75, 3.05) is 37.0 Å². The first kappa shape index (κ1) is 13.3. The van der Waals surface area contributed by atoms with Crippen molar-refractivity contribution in [2.24, 2.45) is 0 Å². The van der Waals surface area contributed by atoms with Crippen molar-refractivity contribution in [2.45, 2.75) is 31.1 Å². The fourth-order valence-corrected chi connectivity index (χ4v) is 3.74. The second-order valence-electron chi connectivity index (χ2n) is 6.11. The number of likely N-dealkylation sites (N-methyl/N-ethyl adjacent to an activating group) is 2. The molecule has 0 aromatic heterocycles. The number of carboxylic acid groups (broad SMARTS) is 1. The van der Waals surface area contributed by atoms with Gasteiger partial charge in [0.25, 0.3) is 0 Å². The molecule has 1 saturated carbocycles. The number of nitrogens with zero attached hydrogens (tertiary/aromatic N) is 2. The van der Waals surface area contributed by atoms with Gasteiger partial charge in [0, 0.05) is 27.2 Å². The zero-order valence-corrected chi connectivity index (χ0v) is 12.2. The predicted octanol–water partition coefficient (Wildman–Crippen LogP) is 2.47. The number of hydrogen-bond acceptors (Lipinski definition) is 3. The van der Waals surface area contributed by atoms with Crippen LogP contribution in [0.5, 0.6) is 0 Å². The predicted molar refractivity (Wildman–Crippen MR) is 80.8 cm³/mol. The topological polar surface area (TPSA) is 43.8 Å². The lowest BCUT2D eigenvalue weighted by molar-refractivity contribution is -0.143. The highest BCUT2D eigenvalue weighted by Crippen LogP contribution is 2.48. The van der Waals surface area contributed by atoms with E-state index in [0.29, 0.717) is 0 Å². The van der Waals surface area contributed by atoms with Crippen molar-refractivity contribution in [3.8, 4) is 0 Å². The molecular weight excluding hydrogens is 252 g/mol. The van der Waals surface area contributed by atoms with Gasteiger partial charge in [0.2, 0.25) is 0 Å². The first-order chi connectivity index (χ1) is 9.56. The van der Waals surface area contributed by atoms with E-state index in [4.69, 9.17) is 0 Å². The Morgan fingerprint density at radius 3 is 2.45 bits per heavy atom. The summed E-state index contributed by atoms with van der Waals surface area (Å²) in [6, 6.07) is 6.12. The highest BCUT2D eigenvalue weighted by atomic mass is 16.4. The minimum atomic E-state index is -0.683. The summed E-state index contributed by atoms with van der Waals surface area (Å²) in [5, 5.41) is 9.84. The first-order valence-corrected chi connectivity index (χ1v) is 7.35. The van der Waals surface area contributed by atoms with E-state index >= 15 is 0 Å². The number of benzene rings is 1. The first-order valence-electron chi connectivity index (χ1n) is 7.35. The summed E-state index contributed by atoms with van der Waals surface area (Å²) < 4.78 is 0. The molecule has 1 aromatic carbocycles. The van der Waals surface area contributed by atoms with Gasteiger partial charge in [-0.15, -0.1) is 0 Å². The van der Waals surface area contributed by atoms with E-state index in [-0.39, 0.29) is 0 Å². The Hall–Kier alpha value is -1.71. The Bertz CT molecular complexity index is 535. The Labute approximate surface area is 120 Å². The molecule has 108 valence electrons. The van der Waals surface area contributed by atoms with E-state index < -0.39 is 11.4 Å². The van der Waals surface area contributed by atoms with Crippen LogP contribution in [0.25, 0.3) is 0 Å². The van der Waals surface area contributed by atoms with Crippen LogP contribution in [-0.2, 0) is 10.2 Å². The molecule has 4 heteroatoms. The molecule has 1 heterocycles. The molecule has 1 aliphatic carbocycles. The fraction of sp³-hybridized carbons (Fsp3) is 0.562. The third kappa shape index (κ3) is 1.78. The zero-order chi connectivity index (χ0) is 14.3. The maximum absolute atomic E-state index is 12.0. The van der Waals surface area contributed by atoms with Crippen molar-refractivity contribution in [3.05, 3.63) is 23.8 Å². The van der Waals surface area contributed by atoms with Gasteiger partial charge in [-0.2, -0.15) is 0 Å².